The van der Waals surface area contributed by atoms with Crippen LogP contribution >= 0.6 is 23.2 Å². The zero-order valence-corrected chi connectivity index (χ0v) is 17.2. The van der Waals surface area contributed by atoms with Crippen LogP contribution in [0.3, 0.4) is 0 Å². The summed E-state index contributed by atoms with van der Waals surface area (Å²) >= 11 is 12.1. The summed E-state index contributed by atoms with van der Waals surface area (Å²) in [5.41, 5.74) is 0.800. The molecule has 2 aromatic carbocycles. The lowest BCUT2D eigenvalue weighted by molar-refractivity contribution is 0.0715. The molecule has 8 heteroatoms. The Morgan fingerprint density at radius 3 is 2.52 bits per heavy atom. The molecule has 29 heavy (non-hydrogen) atoms. The summed E-state index contributed by atoms with van der Waals surface area (Å²) < 4.78 is 11.1. The van der Waals surface area contributed by atoms with E-state index in [4.69, 9.17) is 32.4 Å². The highest BCUT2D eigenvalue weighted by Gasteiger charge is 2.26. The molecule has 0 aliphatic carbocycles. The molecule has 1 aromatic heterocycles. The Morgan fingerprint density at radius 2 is 1.79 bits per heavy atom. The first kappa shape index (κ1) is 19.6. The first-order chi connectivity index (χ1) is 14.0. The maximum atomic E-state index is 12.9. The number of carbonyl (C=O) groups excluding carboxylic acids is 1. The molecule has 1 aliphatic heterocycles. The number of anilines is 1. The maximum absolute atomic E-state index is 12.9. The molecule has 6 nitrogen and oxygen atoms in total. The van der Waals surface area contributed by atoms with Crippen molar-refractivity contribution in [3.8, 4) is 5.75 Å². The SMILES string of the molecule is COc1ccccc1N1CCN(C(=O)c2cc(=O)c3cc(Cl)cc(Cl)c3o2)CC1. The van der Waals surface area contributed by atoms with Crippen molar-refractivity contribution in [2.24, 2.45) is 0 Å². The van der Waals surface area contributed by atoms with Crippen LogP contribution in [0.15, 0.2) is 51.7 Å². The van der Waals surface area contributed by atoms with Crippen molar-refractivity contribution < 1.29 is 13.9 Å². The number of methoxy groups -OCH3 is 1. The van der Waals surface area contributed by atoms with E-state index in [0.29, 0.717) is 31.2 Å². The minimum Gasteiger partial charge on any atom is -0.495 e. The smallest absolute Gasteiger partial charge is 0.289 e. The van der Waals surface area contributed by atoms with Crippen LogP contribution in [0.25, 0.3) is 11.0 Å². The van der Waals surface area contributed by atoms with E-state index in [1.807, 2.05) is 24.3 Å². The number of amides is 1. The van der Waals surface area contributed by atoms with Gasteiger partial charge in [-0.05, 0) is 24.3 Å². The lowest BCUT2D eigenvalue weighted by Crippen LogP contribution is -2.49. The first-order valence-electron chi connectivity index (χ1n) is 9.08. The van der Waals surface area contributed by atoms with Gasteiger partial charge in [0.2, 0.25) is 0 Å². The molecule has 0 atom stereocenters. The minimum absolute atomic E-state index is 0.0301. The van der Waals surface area contributed by atoms with Crippen molar-refractivity contribution in [1.29, 1.82) is 0 Å². The molecule has 0 saturated carbocycles. The number of hydrogen-bond acceptors (Lipinski definition) is 5. The summed E-state index contributed by atoms with van der Waals surface area (Å²) in [5.74, 6) is 0.424. The highest BCUT2D eigenvalue weighted by atomic mass is 35.5. The van der Waals surface area contributed by atoms with Crippen molar-refractivity contribution in [3.05, 3.63) is 68.5 Å². The number of benzene rings is 2. The number of piperazine rings is 1. The third-order valence-electron chi connectivity index (χ3n) is 4.95. The molecule has 0 spiro atoms. The van der Waals surface area contributed by atoms with Gasteiger partial charge in [0.1, 0.15) is 5.75 Å². The summed E-state index contributed by atoms with van der Waals surface area (Å²) in [5, 5.41) is 0.779. The third-order valence-corrected chi connectivity index (χ3v) is 5.45. The zero-order chi connectivity index (χ0) is 20.5. The van der Waals surface area contributed by atoms with E-state index in [2.05, 4.69) is 4.90 Å². The van der Waals surface area contributed by atoms with Crippen LogP contribution < -0.4 is 15.1 Å². The van der Waals surface area contributed by atoms with Crippen LogP contribution in [0.4, 0.5) is 5.69 Å². The van der Waals surface area contributed by atoms with Crippen LogP contribution in [0, 0.1) is 0 Å². The van der Waals surface area contributed by atoms with Gasteiger partial charge in [0.15, 0.2) is 16.8 Å². The number of hydrogen-bond donors (Lipinski definition) is 0. The summed E-state index contributed by atoms with van der Waals surface area (Å²) in [4.78, 5) is 29.2. The lowest BCUT2D eigenvalue weighted by atomic mass is 10.2. The second-order valence-electron chi connectivity index (χ2n) is 6.69. The van der Waals surface area contributed by atoms with E-state index in [1.165, 1.54) is 18.2 Å². The van der Waals surface area contributed by atoms with Gasteiger partial charge >= 0.3 is 0 Å². The highest BCUT2D eigenvalue weighted by Crippen LogP contribution is 2.29. The average Bonchev–Trinajstić information content (AvgIpc) is 2.74. The van der Waals surface area contributed by atoms with Gasteiger partial charge in [-0.2, -0.15) is 0 Å². The van der Waals surface area contributed by atoms with Crippen LogP contribution in [0.1, 0.15) is 10.6 Å². The molecule has 4 rings (SSSR count). The Morgan fingerprint density at radius 1 is 1.07 bits per heavy atom. The molecule has 0 N–H and O–H groups in total. The van der Waals surface area contributed by atoms with Crippen LogP contribution in [-0.2, 0) is 0 Å². The molecular weight excluding hydrogens is 415 g/mol. The van der Waals surface area contributed by atoms with Gasteiger partial charge in [-0.15, -0.1) is 0 Å². The Labute approximate surface area is 177 Å². The van der Waals surface area contributed by atoms with Gasteiger partial charge in [-0.1, -0.05) is 35.3 Å². The molecular formula is C21H18Cl2N2O4. The molecule has 0 radical (unpaired) electrons. The Bertz CT molecular complexity index is 1140. The molecule has 1 amide bonds. The van der Waals surface area contributed by atoms with Crippen LogP contribution in [0.5, 0.6) is 5.75 Å². The van der Waals surface area contributed by atoms with Gasteiger partial charge in [-0.25, -0.2) is 0 Å². The maximum Gasteiger partial charge on any atom is 0.289 e. The molecule has 1 fully saturated rings. The Kier molecular flexibility index (Phi) is 5.39. The molecule has 0 bridgehead atoms. The zero-order valence-electron chi connectivity index (χ0n) is 15.7. The summed E-state index contributed by atoms with van der Waals surface area (Å²) in [6, 6.07) is 11.9. The fourth-order valence-electron chi connectivity index (χ4n) is 3.49. The van der Waals surface area contributed by atoms with Gasteiger partial charge < -0.3 is 19.0 Å². The Hall–Kier alpha value is -2.70. The quantitative estimate of drug-likeness (QED) is 0.623. The van der Waals surface area contributed by atoms with E-state index < -0.39 is 0 Å². The van der Waals surface area contributed by atoms with Crippen LogP contribution in [0.2, 0.25) is 10.0 Å². The molecule has 1 saturated heterocycles. The van der Waals surface area contributed by atoms with Gasteiger partial charge in [-0.3, -0.25) is 9.59 Å². The first-order valence-corrected chi connectivity index (χ1v) is 9.83. The summed E-state index contributed by atoms with van der Waals surface area (Å²) in [6.45, 7) is 2.26. The van der Waals surface area contributed by atoms with Gasteiger partial charge in [0, 0.05) is 37.3 Å². The van der Waals surface area contributed by atoms with Crippen molar-refractivity contribution in [2.75, 3.05) is 38.2 Å². The van der Waals surface area contributed by atoms with Gasteiger partial charge in [0.25, 0.3) is 5.91 Å². The molecule has 150 valence electrons. The summed E-state index contributed by atoms with van der Waals surface area (Å²) in [6.07, 6.45) is 0. The monoisotopic (exact) mass is 432 g/mol. The topological polar surface area (TPSA) is 63.0 Å². The van der Waals surface area contributed by atoms with E-state index >= 15 is 0 Å². The number of carbonyl (C=O) groups is 1. The van der Waals surface area contributed by atoms with E-state index in [9.17, 15) is 9.59 Å². The van der Waals surface area contributed by atoms with Crippen LogP contribution in [-0.4, -0.2) is 44.1 Å². The predicted octanol–water partition coefficient (Wildman–Crippen LogP) is 4.07. The fraction of sp³-hybridized carbons (Fsp3) is 0.238. The normalized spacial score (nSPS) is 14.3. The van der Waals surface area contributed by atoms with Gasteiger partial charge in [0.05, 0.1) is 23.2 Å². The van der Waals surface area contributed by atoms with Crippen molar-refractivity contribution >= 4 is 45.8 Å². The van der Waals surface area contributed by atoms with Crippen molar-refractivity contribution in [2.45, 2.75) is 0 Å². The molecule has 0 unspecified atom stereocenters. The number of fused-ring (bicyclic) bond motifs is 1. The Balaban J connectivity index is 1.55. The largest absolute Gasteiger partial charge is 0.495 e. The predicted molar refractivity (Wildman–Crippen MR) is 114 cm³/mol. The van der Waals surface area contributed by atoms with E-state index in [0.717, 1.165) is 11.4 Å². The fourth-order valence-corrected chi connectivity index (χ4v) is 4.02. The number of ether oxygens (including phenoxy) is 1. The number of halogens is 2. The summed E-state index contributed by atoms with van der Waals surface area (Å²) in [7, 11) is 1.64. The van der Waals surface area contributed by atoms with E-state index in [-0.39, 0.29) is 33.1 Å². The molecule has 1 aliphatic rings. The number of rotatable bonds is 3. The number of nitrogens with zero attached hydrogens (tertiary/aromatic N) is 2. The lowest BCUT2D eigenvalue weighted by Gasteiger charge is -2.36. The minimum atomic E-state index is -0.355. The number of para-hydroxylation sites is 2. The second-order valence-corrected chi connectivity index (χ2v) is 7.53. The molecule has 2 heterocycles. The van der Waals surface area contributed by atoms with E-state index in [1.54, 1.807) is 12.0 Å². The average molecular weight is 433 g/mol. The van der Waals surface area contributed by atoms with Crippen molar-refractivity contribution in [1.82, 2.24) is 4.90 Å². The third kappa shape index (κ3) is 3.78. The highest BCUT2D eigenvalue weighted by molar-refractivity contribution is 6.38. The molecule has 3 aromatic rings. The van der Waals surface area contributed by atoms with Crippen molar-refractivity contribution in [3.63, 3.8) is 0 Å². The second kappa shape index (κ2) is 7.97. The standard InChI is InChI=1S/C21H18Cl2N2O4/c1-28-18-5-3-2-4-16(18)24-6-8-25(9-7-24)21(27)19-12-17(26)14-10-13(22)11-15(23)20(14)29-19/h2-5,10-12H,6-9H2,1H3.